The van der Waals surface area contributed by atoms with Gasteiger partial charge in [-0.3, -0.25) is 4.79 Å². The maximum absolute atomic E-state index is 12.4. The molecule has 2 N–H and O–H groups in total. The maximum atomic E-state index is 12.4. The van der Waals surface area contributed by atoms with E-state index in [1.54, 1.807) is 28.8 Å². The normalized spacial score (nSPS) is 12.2. The Morgan fingerprint density at radius 3 is 2.78 bits per heavy atom. The zero-order valence-corrected chi connectivity index (χ0v) is 13.3. The van der Waals surface area contributed by atoms with E-state index in [1.807, 2.05) is 13.1 Å². The van der Waals surface area contributed by atoms with Crippen molar-refractivity contribution in [1.82, 2.24) is 4.90 Å². The van der Waals surface area contributed by atoms with Crippen molar-refractivity contribution in [2.24, 2.45) is 0 Å². The van der Waals surface area contributed by atoms with Crippen molar-refractivity contribution in [2.75, 3.05) is 24.8 Å². The van der Waals surface area contributed by atoms with E-state index in [2.05, 4.69) is 29.1 Å². The van der Waals surface area contributed by atoms with Crippen LogP contribution in [0.3, 0.4) is 0 Å². The highest BCUT2D eigenvalue weighted by molar-refractivity contribution is 9.10. The van der Waals surface area contributed by atoms with E-state index >= 15 is 0 Å². The molecule has 1 aromatic rings. The molecule has 0 spiro atoms. The summed E-state index contributed by atoms with van der Waals surface area (Å²) < 4.78 is 0.785. The molecule has 18 heavy (non-hydrogen) atoms. The van der Waals surface area contributed by atoms with Crippen molar-refractivity contribution in [1.29, 1.82) is 0 Å². The molecule has 1 unspecified atom stereocenters. The first kappa shape index (κ1) is 15.4. The Labute approximate surface area is 121 Å². The molecular weight excluding hydrogens is 312 g/mol. The molecule has 0 fully saturated rings. The summed E-state index contributed by atoms with van der Waals surface area (Å²) in [5.74, 6) is 0.952. The predicted octanol–water partition coefficient (Wildman–Crippen LogP) is 3.24. The van der Waals surface area contributed by atoms with Gasteiger partial charge in [-0.05, 0) is 46.8 Å². The molecule has 0 aliphatic carbocycles. The minimum Gasteiger partial charge on any atom is -0.399 e. The molecule has 1 aromatic carbocycles. The number of hydrogen-bond donors (Lipinski definition) is 1. The highest BCUT2D eigenvalue weighted by Gasteiger charge is 2.21. The fraction of sp³-hybridized carbons (Fsp3) is 0.462. The van der Waals surface area contributed by atoms with Gasteiger partial charge in [0.15, 0.2) is 0 Å². The van der Waals surface area contributed by atoms with E-state index in [9.17, 15) is 4.79 Å². The molecule has 0 aliphatic heterocycles. The van der Waals surface area contributed by atoms with Gasteiger partial charge >= 0.3 is 0 Å². The SMILES string of the molecule is CCC(CSC)N(C)C(=O)c1cc(N)ccc1Br. The average Bonchev–Trinajstić information content (AvgIpc) is 2.37. The van der Waals surface area contributed by atoms with Crippen molar-refractivity contribution >= 4 is 39.3 Å². The second-order valence-electron chi connectivity index (χ2n) is 4.17. The number of nitrogen functional groups attached to an aromatic ring is 1. The van der Waals surface area contributed by atoms with Crippen LogP contribution in [0.2, 0.25) is 0 Å². The van der Waals surface area contributed by atoms with Crippen LogP contribution >= 0.6 is 27.7 Å². The van der Waals surface area contributed by atoms with Crippen molar-refractivity contribution in [2.45, 2.75) is 19.4 Å². The number of halogens is 1. The third kappa shape index (κ3) is 3.65. The standard InChI is InChI=1S/C13H19BrN2OS/c1-4-10(8-18-3)16(2)13(17)11-7-9(15)5-6-12(11)14/h5-7,10H,4,8,15H2,1-3H3. The third-order valence-electron chi connectivity index (χ3n) is 2.92. The van der Waals surface area contributed by atoms with Gasteiger partial charge in [-0.2, -0.15) is 11.8 Å². The minimum absolute atomic E-state index is 0.00933. The van der Waals surface area contributed by atoms with Gasteiger partial charge in [0.1, 0.15) is 0 Å². The number of amides is 1. The van der Waals surface area contributed by atoms with Gasteiger partial charge in [0.2, 0.25) is 0 Å². The topological polar surface area (TPSA) is 46.3 Å². The van der Waals surface area contributed by atoms with Crippen molar-refractivity contribution in [3.63, 3.8) is 0 Å². The van der Waals surface area contributed by atoms with E-state index in [-0.39, 0.29) is 11.9 Å². The first-order valence-electron chi connectivity index (χ1n) is 5.82. The van der Waals surface area contributed by atoms with E-state index in [0.717, 1.165) is 16.6 Å². The quantitative estimate of drug-likeness (QED) is 0.843. The summed E-state index contributed by atoms with van der Waals surface area (Å²) in [7, 11) is 1.85. The zero-order chi connectivity index (χ0) is 13.7. The first-order valence-corrected chi connectivity index (χ1v) is 8.01. The molecule has 3 nitrogen and oxygen atoms in total. The molecule has 0 saturated carbocycles. The summed E-state index contributed by atoms with van der Waals surface area (Å²) in [5, 5.41) is 0. The number of carbonyl (C=O) groups excluding carboxylic acids is 1. The number of benzene rings is 1. The molecule has 0 aliphatic rings. The van der Waals surface area contributed by atoms with E-state index in [0.29, 0.717) is 11.3 Å². The second kappa shape index (κ2) is 7.04. The molecule has 0 radical (unpaired) electrons. The molecule has 0 saturated heterocycles. The monoisotopic (exact) mass is 330 g/mol. The number of anilines is 1. The maximum Gasteiger partial charge on any atom is 0.255 e. The number of thioether (sulfide) groups is 1. The highest BCUT2D eigenvalue weighted by Crippen LogP contribution is 2.22. The minimum atomic E-state index is 0.00933. The third-order valence-corrected chi connectivity index (χ3v) is 4.33. The van der Waals surface area contributed by atoms with Crippen LogP contribution in [0.15, 0.2) is 22.7 Å². The van der Waals surface area contributed by atoms with E-state index in [1.165, 1.54) is 0 Å². The Bertz CT molecular complexity index is 425. The fourth-order valence-electron chi connectivity index (χ4n) is 1.76. The lowest BCUT2D eigenvalue weighted by molar-refractivity contribution is 0.0743. The van der Waals surface area contributed by atoms with Crippen LogP contribution in [0.4, 0.5) is 5.69 Å². The van der Waals surface area contributed by atoms with Crippen LogP contribution in [0.25, 0.3) is 0 Å². The van der Waals surface area contributed by atoms with Crippen molar-refractivity contribution < 1.29 is 4.79 Å². The Morgan fingerprint density at radius 2 is 2.22 bits per heavy atom. The van der Waals surface area contributed by atoms with Gasteiger partial charge in [0, 0.05) is 29.0 Å². The largest absolute Gasteiger partial charge is 0.399 e. The lowest BCUT2D eigenvalue weighted by Gasteiger charge is -2.27. The summed E-state index contributed by atoms with van der Waals surface area (Å²) in [6, 6.07) is 5.56. The molecule has 1 atom stereocenters. The van der Waals surface area contributed by atoms with Gasteiger partial charge in [-0.25, -0.2) is 0 Å². The number of carbonyl (C=O) groups is 1. The lowest BCUT2D eigenvalue weighted by Crippen LogP contribution is -2.38. The lowest BCUT2D eigenvalue weighted by atomic mass is 10.1. The Hall–Kier alpha value is -0.680. The first-order chi connectivity index (χ1) is 8.51. The molecule has 0 aromatic heterocycles. The molecule has 5 heteroatoms. The van der Waals surface area contributed by atoms with Crippen LogP contribution < -0.4 is 5.73 Å². The van der Waals surface area contributed by atoms with Gasteiger partial charge in [-0.15, -0.1) is 0 Å². The van der Waals surface area contributed by atoms with Crippen molar-refractivity contribution in [3.05, 3.63) is 28.2 Å². The summed E-state index contributed by atoms with van der Waals surface area (Å²) >= 11 is 5.15. The van der Waals surface area contributed by atoms with E-state index < -0.39 is 0 Å². The summed E-state index contributed by atoms with van der Waals surface area (Å²) in [6.45, 7) is 2.10. The Balaban J connectivity index is 2.95. The van der Waals surface area contributed by atoms with Gasteiger partial charge < -0.3 is 10.6 Å². The van der Waals surface area contributed by atoms with Crippen molar-refractivity contribution in [3.8, 4) is 0 Å². The van der Waals surface area contributed by atoms with Crippen LogP contribution in [-0.2, 0) is 0 Å². The number of nitrogens with zero attached hydrogens (tertiary/aromatic N) is 1. The molecule has 0 bridgehead atoms. The summed E-state index contributed by atoms with van der Waals surface area (Å²) in [5.41, 5.74) is 6.96. The fourth-order valence-corrected chi connectivity index (χ4v) is 3.02. The van der Waals surface area contributed by atoms with Crippen LogP contribution in [-0.4, -0.2) is 35.9 Å². The number of nitrogens with two attached hydrogens (primary N) is 1. The molecule has 1 amide bonds. The Kier molecular flexibility index (Phi) is 6.02. The van der Waals surface area contributed by atoms with Gasteiger partial charge in [0.05, 0.1) is 5.56 Å². The van der Waals surface area contributed by atoms with E-state index in [4.69, 9.17) is 5.73 Å². The summed E-state index contributed by atoms with van der Waals surface area (Å²) in [6.07, 6.45) is 3.00. The molecule has 0 heterocycles. The molecule has 100 valence electrons. The second-order valence-corrected chi connectivity index (χ2v) is 5.94. The number of hydrogen-bond acceptors (Lipinski definition) is 3. The number of rotatable bonds is 5. The van der Waals surface area contributed by atoms with Crippen LogP contribution in [0.1, 0.15) is 23.7 Å². The Morgan fingerprint density at radius 1 is 1.56 bits per heavy atom. The average molecular weight is 331 g/mol. The predicted molar refractivity (Wildman–Crippen MR) is 83.1 cm³/mol. The van der Waals surface area contributed by atoms with Crippen LogP contribution in [0.5, 0.6) is 0 Å². The summed E-state index contributed by atoms with van der Waals surface area (Å²) in [4.78, 5) is 14.2. The van der Waals surface area contributed by atoms with Gasteiger partial charge in [-0.1, -0.05) is 6.92 Å². The molecule has 1 rings (SSSR count). The van der Waals surface area contributed by atoms with Gasteiger partial charge in [0.25, 0.3) is 5.91 Å². The molecular formula is C13H19BrN2OS. The zero-order valence-electron chi connectivity index (χ0n) is 10.9. The van der Waals surface area contributed by atoms with Crippen LogP contribution in [0, 0.1) is 0 Å². The highest BCUT2D eigenvalue weighted by atomic mass is 79.9. The smallest absolute Gasteiger partial charge is 0.255 e.